The van der Waals surface area contributed by atoms with Crippen LogP contribution in [0.25, 0.3) is 11.0 Å². The molecule has 2 rings (SSSR count). The molecule has 2 aromatic rings. The summed E-state index contributed by atoms with van der Waals surface area (Å²) >= 11 is 0. The monoisotopic (exact) mass is 205 g/mol. The Morgan fingerprint density at radius 1 is 1.47 bits per heavy atom. The van der Waals surface area contributed by atoms with Gasteiger partial charge in [-0.15, -0.1) is 0 Å². The number of nitrogens with two attached hydrogens (primary N) is 1. The topological polar surface area (TPSA) is 64.1 Å². The number of hydrogen-bond donors (Lipinski definition) is 2. The fourth-order valence-electron chi connectivity index (χ4n) is 1.85. The number of aromatic nitrogens is 2. The van der Waals surface area contributed by atoms with Gasteiger partial charge in [0.15, 0.2) is 0 Å². The molecule has 0 aliphatic heterocycles. The minimum Gasteiger partial charge on any atom is -0.399 e. The van der Waals surface area contributed by atoms with Crippen LogP contribution in [-0.4, -0.2) is 14.7 Å². The SMILES string of the molecule is CC(C)n1c(CO)nc2cc(N)ccc21. The molecule has 0 saturated carbocycles. The van der Waals surface area contributed by atoms with Crippen LogP contribution in [0.2, 0.25) is 0 Å². The van der Waals surface area contributed by atoms with Crippen LogP contribution < -0.4 is 5.73 Å². The van der Waals surface area contributed by atoms with Crippen molar-refractivity contribution in [3.8, 4) is 0 Å². The zero-order chi connectivity index (χ0) is 11.0. The minimum atomic E-state index is -0.0488. The summed E-state index contributed by atoms with van der Waals surface area (Å²) in [6.07, 6.45) is 0. The van der Waals surface area contributed by atoms with Gasteiger partial charge in [-0.2, -0.15) is 0 Å². The third-order valence-electron chi connectivity index (χ3n) is 2.44. The van der Waals surface area contributed by atoms with Gasteiger partial charge in [0.25, 0.3) is 0 Å². The Hall–Kier alpha value is -1.55. The number of aliphatic hydroxyl groups is 1. The van der Waals surface area contributed by atoms with E-state index in [0.717, 1.165) is 11.0 Å². The van der Waals surface area contributed by atoms with E-state index in [0.29, 0.717) is 11.5 Å². The van der Waals surface area contributed by atoms with Crippen LogP contribution in [-0.2, 0) is 6.61 Å². The lowest BCUT2D eigenvalue weighted by Crippen LogP contribution is -2.05. The summed E-state index contributed by atoms with van der Waals surface area (Å²) in [6, 6.07) is 5.90. The summed E-state index contributed by atoms with van der Waals surface area (Å²) in [5, 5.41) is 9.22. The van der Waals surface area contributed by atoms with E-state index in [4.69, 9.17) is 5.73 Å². The number of nitrogen functional groups attached to an aromatic ring is 1. The van der Waals surface area contributed by atoms with E-state index in [1.807, 2.05) is 22.8 Å². The third-order valence-corrected chi connectivity index (χ3v) is 2.44. The molecule has 4 heteroatoms. The van der Waals surface area contributed by atoms with Gasteiger partial charge in [0, 0.05) is 11.7 Å². The van der Waals surface area contributed by atoms with Gasteiger partial charge in [0.2, 0.25) is 0 Å². The molecule has 1 aromatic carbocycles. The zero-order valence-electron chi connectivity index (χ0n) is 8.94. The maximum Gasteiger partial charge on any atom is 0.135 e. The first-order valence-corrected chi connectivity index (χ1v) is 5.00. The number of nitrogens with zero attached hydrogens (tertiary/aromatic N) is 2. The molecule has 0 radical (unpaired) electrons. The number of anilines is 1. The first kappa shape index (κ1) is 9.98. The average molecular weight is 205 g/mol. The first-order valence-electron chi connectivity index (χ1n) is 5.00. The van der Waals surface area contributed by atoms with Gasteiger partial charge in [0.1, 0.15) is 12.4 Å². The number of benzene rings is 1. The molecular weight excluding hydrogens is 190 g/mol. The van der Waals surface area contributed by atoms with Crippen LogP contribution in [0.4, 0.5) is 5.69 Å². The largest absolute Gasteiger partial charge is 0.399 e. The van der Waals surface area contributed by atoms with E-state index in [1.54, 1.807) is 0 Å². The molecule has 0 atom stereocenters. The maximum atomic E-state index is 9.22. The van der Waals surface area contributed by atoms with E-state index in [1.165, 1.54) is 0 Å². The molecule has 0 spiro atoms. The molecule has 0 aliphatic rings. The summed E-state index contributed by atoms with van der Waals surface area (Å²) in [6.45, 7) is 4.08. The summed E-state index contributed by atoms with van der Waals surface area (Å²) in [4.78, 5) is 4.35. The maximum absolute atomic E-state index is 9.22. The molecule has 4 nitrogen and oxygen atoms in total. The number of hydrogen-bond acceptors (Lipinski definition) is 3. The molecule has 1 heterocycles. The van der Waals surface area contributed by atoms with Crippen molar-refractivity contribution in [3.05, 3.63) is 24.0 Å². The van der Waals surface area contributed by atoms with Crippen molar-refractivity contribution in [1.29, 1.82) is 0 Å². The van der Waals surface area contributed by atoms with Gasteiger partial charge in [-0.25, -0.2) is 4.98 Å². The van der Waals surface area contributed by atoms with Crippen molar-refractivity contribution >= 4 is 16.7 Å². The smallest absolute Gasteiger partial charge is 0.135 e. The lowest BCUT2D eigenvalue weighted by molar-refractivity contribution is 0.263. The minimum absolute atomic E-state index is 0.0488. The second-order valence-electron chi connectivity index (χ2n) is 3.90. The number of fused-ring (bicyclic) bond motifs is 1. The lowest BCUT2D eigenvalue weighted by atomic mass is 10.2. The van der Waals surface area contributed by atoms with Crippen molar-refractivity contribution in [2.45, 2.75) is 26.5 Å². The molecule has 0 fully saturated rings. The fraction of sp³-hybridized carbons (Fsp3) is 0.364. The van der Waals surface area contributed by atoms with E-state index in [-0.39, 0.29) is 12.6 Å². The predicted octanol–water partition coefficient (Wildman–Crippen LogP) is 1.69. The van der Waals surface area contributed by atoms with Gasteiger partial charge >= 0.3 is 0 Å². The van der Waals surface area contributed by atoms with Crippen molar-refractivity contribution in [1.82, 2.24) is 9.55 Å². The molecule has 0 aliphatic carbocycles. The highest BCUT2D eigenvalue weighted by Crippen LogP contribution is 2.22. The van der Waals surface area contributed by atoms with Gasteiger partial charge < -0.3 is 15.4 Å². The van der Waals surface area contributed by atoms with E-state index < -0.39 is 0 Å². The number of aliphatic hydroxyl groups excluding tert-OH is 1. The predicted molar refractivity (Wildman–Crippen MR) is 60.5 cm³/mol. The summed E-state index contributed by atoms with van der Waals surface area (Å²) in [5.74, 6) is 0.686. The molecule has 80 valence electrons. The number of imidazole rings is 1. The Bertz CT molecular complexity index is 488. The molecule has 15 heavy (non-hydrogen) atoms. The lowest BCUT2D eigenvalue weighted by Gasteiger charge is -2.11. The molecule has 0 saturated heterocycles. The third kappa shape index (κ3) is 1.57. The van der Waals surface area contributed by atoms with Gasteiger partial charge in [0.05, 0.1) is 11.0 Å². The summed E-state index contributed by atoms with van der Waals surface area (Å²) in [5.41, 5.74) is 8.24. The average Bonchev–Trinajstić information content (AvgIpc) is 2.54. The Labute approximate surface area is 88.3 Å². The standard InChI is InChI=1S/C11H15N3O/c1-7(2)14-10-4-3-8(12)5-9(10)13-11(14)6-15/h3-5,7,15H,6,12H2,1-2H3. The molecule has 0 amide bonds. The van der Waals surface area contributed by atoms with Crippen molar-refractivity contribution in [2.24, 2.45) is 0 Å². The molecular formula is C11H15N3O. The Kier molecular flexibility index (Phi) is 2.36. The van der Waals surface area contributed by atoms with Crippen LogP contribution in [0.3, 0.4) is 0 Å². The highest BCUT2D eigenvalue weighted by Gasteiger charge is 2.11. The highest BCUT2D eigenvalue weighted by molar-refractivity contribution is 5.79. The second kappa shape index (κ2) is 3.55. The van der Waals surface area contributed by atoms with Crippen LogP contribution in [0.15, 0.2) is 18.2 Å². The molecule has 0 bridgehead atoms. The van der Waals surface area contributed by atoms with E-state index in [9.17, 15) is 5.11 Å². The normalized spacial score (nSPS) is 11.5. The van der Waals surface area contributed by atoms with Gasteiger partial charge in [-0.1, -0.05) is 0 Å². The quantitative estimate of drug-likeness (QED) is 0.733. The van der Waals surface area contributed by atoms with Crippen molar-refractivity contribution in [2.75, 3.05) is 5.73 Å². The molecule has 1 aromatic heterocycles. The second-order valence-corrected chi connectivity index (χ2v) is 3.90. The summed E-state index contributed by atoms with van der Waals surface area (Å²) < 4.78 is 2.02. The first-order chi connectivity index (χ1) is 7.13. The fourth-order valence-corrected chi connectivity index (χ4v) is 1.85. The van der Waals surface area contributed by atoms with Gasteiger partial charge in [-0.05, 0) is 32.0 Å². The highest BCUT2D eigenvalue weighted by atomic mass is 16.3. The van der Waals surface area contributed by atoms with E-state index >= 15 is 0 Å². The number of rotatable bonds is 2. The summed E-state index contributed by atoms with van der Waals surface area (Å²) in [7, 11) is 0. The molecule has 0 unspecified atom stereocenters. The van der Waals surface area contributed by atoms with Gasteiger partial charge in [-0.3, -0.25) is 0 Å². The van der Waals surface area contributed by atoms with Crippen LogP contribution >= 0.6 is 0 Å². The Balaban J connectivity index is 2.74. The van der Waals surface area contributed by atoms with Crippen LogP contribution in [0.1, 0.15) is 25.7 Å². The van der Waals surface area contributed by atoms with Crippen LogP contribution in [0, 0.1) is 0 Å². The van der Waals surface area contributed by atoms with E-state index in [2.05, 4.69) is 18.8 Å². The zero-order valence-corrected chi connectivity index (χ0v) is 8.94. The Morgan fingerprint density at radius 3 is 2.80 bits per heavy atom. The van der Waals surface area contributed by atoms with Crippen LogP contribution in [0.5, 0.6) is 0 Å². The van der Waals surface area contributed by atoms with Crippen molar-refractivity contribution in [3.63, 3.8) is 0 Å². The van der Waals surface area contributed by atoms with Crippen molar-refractivity contribution < 1.29 is 5.11 Å². The molecule has 3 N–H and O–H groups in total. The Morgan fingerprint density at radius 2 is 2.20 bits per heavy atom.